The summed E-state index contributed by atoms with van der Waals surface area (Å²) in [5.74, 6) is -5.86. The predicted octanol–water partition coefficient (Wildman–Crippen LogP) is 2.05. The van der Waals surface area contributed by atoms with Crippen LogP contribution in [0.5, 0.6) is 5.88 Å². The van der Waals surface area contributed by atoms with Crippen molar-refractivity contribution in [2.24, 2.45) is 5.10 Å². The quantitative estimate of drug-likeness (QED) is 0.0406. The highest BCUT2D eigenvalue weighted by atomic mass is 32.2. The molecule has 0 saturated carbocycles. The third kappa shape index (κ3) is 8.13. The number of carboxylic acids is 2. The lowest BCUT2D eigenvalue weighted by Gasteiger charge is -2.15. The van der Waals surface area contributed by atoms with Gasteiger partial charge in [0.15, 0.2) is 11.4 Å². The average molecular weight is 765 g/mol. The van der Waals surface area contributed by atoms with Crippen LogP contribution in [-0.4, -0.2) is 85.1 Å². The first kappa shape index (κ1) is 37.1. The molecule has 1 aliphatic rings. The fraction of sp³-hybridized carbons (Fsp3) is 0. The first-order valence-corrected chi connectivity index (χ1v) is 16.5. The molecular weight excluding hydrogens is 749 g/mol. The van der Waals surface area contributed by atoms with Crippen molar-refractivity contribution in [2.75, 3.05) is 5.01 Å². The lowest BCUT2D eigenvalue weighted by molar-refractivity contribution is -0.432. The van der Waals surface area contributed by atoms with E-state index in [1.807, 2.05) is 0 Å². The van der Waals surface area contributed by atoms with Crippen molar-refractivity contribution in [3.8, 4) is 11.6 Å². The molecule has 2 heterocycles. The number of carbonyl (C=O) groups excluding carboxylic acids is 1. The monoisotopic (exact) mass is 764 g/mol. The van der Waals surface area contributed by atoms with Crippen molar-refractivity contribution in [3.63, 3.8) is 0 Å². The topological polar surface area (TPSA) is 331 Å². The average Bonchev–Trinajstić information content (AvgIpc) is 3.54. The highest BCUT2D eigenvalue weighted by Crippen LogP contribution is 2.36. The van der Waals surface area contributed by atoms with Crippen LogP contribution in [0.15, 0.2) is 78.8 Å². The van der Waals surface area contributed by atoms with Gasteiger partial charge in [-0.2, -0.15) is 36.7 Å². The SMILES string of the molecule is O=C(O)C1=NN(c2cc(SOOO)ccc2S(=O)(=O)O)C(=O)C1=CC=Cc1c(C(=O)O)nn(-c2cc(SOOO)ccc2S(=O)(=O)O)c1O. The summed E-state index contributed by atoms with van der Waals surface area (Å²) in [5, 5.41) is 61.6. The van der Waals surface area contributed by atoms with Crippen molar-refractivity contribution in [3.05, 3.63) is 65.4 Å². The summed E-state index contributed by atoms with van der Waals surface area (Å²) in [6.45, 7) is 0. The first-order chi connectivity index (χ1) is 23.0. The van der Waals surface area contributed by atoms with Gasteiger partial charge in [-0.3, -0.25) is 13.9 Å². The second kappa shape index (κ2) is 14.8. The Morgan fingerprint density at radius 3 is 1.86 bits per heavy atom. The second-order valence-electron chi connectivity index (χ2n) is 8.77. The van der Waals surface area contributed by atoms with E-state index in [2.05, 4.69) is 28.9 Å². The summed E-state index contributed by atoms with van der Waals surface area (Å²) < 4.78 is 76.3. The van der Waals surface area contributed by atoms with Gasteiger partial charge in [0, 0.05) is 9.79 Å². The van der Waals surface area contributed by atoms with E-state index in [1.165, 1.54) is 0 Å². The number of rotatable bonds is 14. The van der Waals surface area contributed by atoms with E-state index in [0.29, 0.717) is 33.8 Å². The molecule has 26 heteroatoms. The van der Waals surface area contributed by atoms with Gasteiger partial charge < -0.3 is 15.3 Å². The maximum atomic E-state index is 13.3. The molecule has 7 N–H and O–H groups in total. The number of nitrogens with zero attached hydrogens (tertiary/aromatic N) is 4. The van der Waals surface area contributed by atoms with E-state index in [0.717, 1.165) is 54.6 Å². The van der Waals surface area contributed by atoms with Crippen LogP contribution < -0.4 is 5.01 Å². The molecule has 0 spiro atoms. The summed E-state index contributed by atoms with van der Waals surface area (Å²) in [5.41, 5.74) is -4.48. The molecular formula is C23H16N4O18S4. The fourth-order valence-electron chi connectivity index (χ4n) is 4.00. The summed E-state index contributed by atoms with van der Waals surface area (Å²) in [6.07, 6.45) is 2.49. The van der Waals surface area contributed by atoms with Gasteiger partial charge >= 0.3 is 11.9 Å². The Bertz CT molecular complexity index is 2160. The number of aromatic carboxylic acids is 1. The van der Waals surface area contributed by atoms with Gasteiger partial charge in [0.2, 0.25) is 5.88 Å². The van der Waals surface area contributed by atoms with Gasteiger partial charge in [0.05, 0.1) is 46.6 Å². The number of allylic oxidation sites excluding steroid dienone is 2. The number of aromatic hydroxyl groups is 1. The Morgan fingerprint density at radius 1 is 0.837 bits per heavy atom. The van der Waals surface area contributed by atoms with Crippen molar-refractivity contribution in [1.82, 2.24) is 9.78 Å². The Kier molecular flexibility index (Phi) is 11.2. The minimum Gasteiger partial charge on any atom is -0.493 e. The maximum absolute atomic E-state index is 13.3. The molecule has 0 radical (unpaired) electrons. The molecule has 1 amide bonds. The number of carboxylic acid groups (broad SMARTS) is 2. The highest BCUT2D eigenvalue weighted by Gasteiger charge is 2.37. The zero-order chi connectivity index (χ0) is 36.3. The molecule has 0 saturated heterocycles. The molecule has 1 aliphatic heterocycles. The summed E-state index contributed by atoms with van der Waals surface area (Å²) in [4.78, 5) is 35.5. The van der Waals surface area contributed by atoms with E-state index in [1.54, 1.807) is 0 Å². The molecule has 2 aromatic carbocycles. The second-order valence-corrected chi connectivity index (χ2v) is 13.1. The Hall–Kier alpha value is -4.71. The molecule has 0 unspecified atom stereocenters. The fourth-order valence-corrected chi connectivity index (χ4v) is 6.09. The van der Waals surface area contributed by atoms with Crippen LogP contribution in [0.4, 0.5) is 5.69 Å². The molecule has 0 aliphatic carbocycles. The normalized spacial score (nSPS) is 14.6. The van der Waals surface area contributed by atoms with E-state index in [9.17, 15) is 55.6 Å². The third-order valence-electron chi connectivity index (χ3n) is 5.90. The van der Waals surface area contributed by atoms with Crippen LogP contribution in [0, 0.1) is 0 Å². The van der Waals surface area contributed by atoms with Crippen LogP contribution in [0.2, 0.25) is 0 Å². The van der Waals surface area contributed by atoms with Crippen molar-refractivity contribution >= 4 is 79.6 Å². The van der Waals surface area contributed by atoms with Gasteiger partial charge in [-0.25, -0.2) is 20.1 Å². The van der Waals surface area contributed by atoms with Gasteiger partial charge in [-0.05, 0) is 48.6 Å². The molecule has 49 heavy (non-hydrogen) atoms. The van der Waals surface area contributed by atoms with Crippen molar-refractivity contribution in [2.45, 2.75) is 19.6 Å². The summed E-state index contributed by atoms with van der Waals surface area (Å²) in [6, 6.07) is 5.64. The van der Waals surface area contributed by atoms with Crippen molar-refractivity contribution < 1.29 is 84.9 Å². The van der Waals surface area contributed by atoms with Crippen LogP contribution in [0.1, 0.15) is 16.1 Å². The molecule has 0 fully saturated rings. The summed E-state index contributed by atoms with van der Waals surface area (Å²) >= 11 is 0.650. The Morgan fingerprint density at radius 2 is 1.37 bits per heavy atom. The number of amides is 1. The smallest absolute Gasteiger partial charge is 0.357 e. The largest absolute Gasteiger partial charge is 0.493 e. The van der Waals surface area contributed by atoms with E-state index >= 15 is 0 Å². The van der Waals surface area contributed by atoms with Crippen LogP contribution in [-0.2, 0) is 48.6 Å². The molecule has 1 aromatic heterocycles. The molecule has 0 bridgehead atoms. The molecule has 260 valence electrons. The van der Waals surface area contributed by atoms with Gasteiger partial charge in [-0.15, -0.1) is 8.67 Å². The maximum Gasteiger partial charge on any atom is 0.357 e. The first-order valence-electron chi connectivity index (χ1n) is 12.1. The Labute approximate surface area is 280 Å². The number of carbonyl (C=O) groups is 3. The number of hydrogen-bond acceptors (Lipinski definition) is 18. The number of anilines is 1. The van der Waals surface area contributed by atoms with E-state index in [4.69, 9.17) is 10.5 Å². The molecule has 22 nitrogen and oxygen atoms in total. The zero-order valence-electron chi connectivity index (χ0n) is 23.2. The standard InChI is InChI=1S/C23H16N4O18S4/c28-20-12(18(22(30)31)24-26(20)14-8-10(46-44-42-34)4-6-16(14)48(36,37)38)2-1-3-13-19(23(32)33)25-27(21(13)29)15-9-11(47-45-43-35)5-7-17(15)49(39,40)41/h1-9,28,34-35H,(H,30,31)(H,32,33)(H,36,37,38)(H,39,40,41). The van der Waals surface area contributed by atoms with E-state index < -0.39 is 87.7 Å². The lowest BCUT2D eigenvalue weighted by Crippen LogP contribution is -2.24. The van der Waals surface area contributed by atoms with E-state index in [-0.39, 0.29) is 9.79 Å². The third-order valence-corrected chi connectivity index (χ3v) is 8.85. The van der Waals surface area contributed by atoms with Crippen LogP contribution in [0.25, 0.3) is 11.8 Å². The molecule has 0 atom stereocenters. The molecule has 4 rings (SSSR count). The highest BCUT2D eigenvalue weighted by molar-refractivity contribution is 7.94. The number of hydrogen-bond donors (Lipinski definition) is 7. The predicted molar refractivity (Wildman–Crippen MR) is 159 cm³/mol. The number of hydrazone groups is 1. The van der Waals surface area contributed by atoms with Gasteiger partial charge in [0.25, 0.3) is 26.1 Å². The van der Waals surface area contributed by atoms with Crippen molar-refractivity contribution in [1.29, 1.82) is 0 Å². The molecule has 3 aromatic rings. The number of benzene rings is 2. The van der Waals surface area contributed by atoms with Gasteiger partial charge in [-0.1, -0.05) is 16.2 Å². The minimum atomic E-state index is -5.04. The Balaban J connectivity index is 1.81. The zero-order valence-corrected chi connectivity index (χ0v) is 26.5. The summed E-state index contributed by atoms with van der Waals surface area (Å²) in [7, 11) is -10.1. The van der Waals surface area contributed by atoms with Crippen LogP contribution in [0.3, 0.4) is 0 Å². The van der Waals surface area contributed by atoms with Gasteiger partial charge in [0.1, 0.15) is 9.79 Å². The lowest BCUT2D eigenvalue weighted by atomic mass is 10.1. The number of aromatic nitrogens is 2. The van der Waals surface area contributed by atoms with Crippen LogP contribution >= 0.6 is 24.1 Å². The number of aliphatic carboxylic acids is 1. The minimum absolute atomic E-state index is 0.00891.